The number of carboxylic acids is 2. The number of hydrogen-bond donors (Lipinski definition) is 2. The molecule has 2 aliphatic heterocycles. The van der Waals surface area contributed by atoms with Gasteiger partial charge >= 0.3 is 17.9 Å². The molecule has 0 saturated carbocycles. The van der Waals surface area contributed by atoms with Gasteiger partial charge in [-0.3, -0.25) is 0 Å². The van der Waals surface area contributed by atoms with Crippen LogP contribution in [0.15, 0.2) is 71.1 Å². The first-order valence-electron chi connectivity index (χ1n) is 12.2. The van der Waals surface area contributed by atoms with Gasteiger partial charge in [0.2, 0.25) is 0 Å². The lowest BCUT2D eigenvalue weighted by Crippen LogP contribution is -2.40. The molecule has 0 bridgehead atoms. The van der Waals surface area contributed by atoms with Crippen molar-refractivity contribution in [2.24, 2.45) is 0 Å². The fourth-order valence-corrected chi connectivity index (χ4v) is 5.81. The first-order valence-corrected chi connectivity index (χ1v) is 13.0. The Hall–Kier alpha value is -3.37. The second kappa shape index (κ2) is 12.2. The van der Waals surface area contributed by atoms with E-state index in [9.17, 15) is 24.6 Å². The maximum Gasteiger partial charge on any atom is 0.355 e. The summed E-state index contributed by atoms with van der Waals surface area (Å²) in [6.07, 6.45) is -0.654. The number of ether oxygens (including phenoxy) is 3. The lowest BCUT2D eigenvalue weighted by atomic mass is 9.77. The summed E-state index contributed by atoms with van der Waals surface area (Å²) >= 11 is 13.0. The van der Waals surface area contributed by atoms with Gasteiger partial charge in [0.1, 0.15) is 5.70 Å². The first kappa shape index (κ1) is 28.6. The van der Waals surface area contributed by atoms with Crippen LogP contribution in [0.5, 0.6) is 0 Å². The highest BCUT2D eigenvalue weighted by Gasteiger charge is 2.46. The largest absolute Gasteiger partial charge is 0.478 e. The molecule has 2 aromatic carbocycles. The second-order valence-electron chi connectivity index (χ2n) is 8.87. The number of allylic oxidation sites excluding steroid dienone is 1. The monoisotopic (exact) mass is 575 g/mol. The Bertz CT molecular complexity index is 1310. The third-order valence-electron chi connectivity index (χ3n) is 6.80. The first-order chi connectivity index (χ1) is 18.7. The van der Waals surface area contributed by atoms with Crippen LogP contribution < -0.4 is 0 Å². The number of benzene rings is 2. The summed E-state index contributed by atoms with van der Waals surface area (Å²) in [5.74, 6) is -5.79. The van der Waals surface area contributed by atoms with Crippen LogP contribution in [0.2, 0.25) is 10.0 Å². The van der Waals surface area contributed by atoms with Gasteiger partial charge in [0.05, 0.1) is 37.4 Å². The molecule has 206 valence electrons. The lowest BCUT2D eigenvalue weighted by molar-refractivity contribution is -0.140. The number of aliphatic carboxylic acids is 2. The van der Waals surface area contributed by atoms with Crippen molar-refractivity contribution in [1.82, 2.24) is 4.90 Å². The predicted octanol–water partition coefficient (Wildman–Crippen LogP) is 4.81. The molecule has 2 aliphatic rings. The molecule has 1 fully saturated rings. The summed E-state index contributed by atoms with van der Waals surface area (Å²) in [7, 11) is 1.13. The number of methoxy groups -OCH3 is 1. The Morgan fingerprint density at radius 2 is 1.56 bits per heavy atom. The van der Waals surface area contributed by atoms with Crippen molar-refractivity contribution < 1.29 is 38.8 Å². The Labute approximate surface area is 235 Å². The molecule has 39 heavy (non-hydrogen) atoms. The van der Waals surface area contributed by atoms with E-state index < -0.39 is 41.6 Å². The number of carbonyl (C=O) groups is 3. The van der Waals surface area contributed by atoms with Gasteiger partial charge < -0.3 is 29.3 Å². The molecular weight excluding hydrogens is 549 g/mol. The van der Waals surface area contributed by atoms with Gasteiger partial charge in [0, 0.05) is 33.8 Å². The minimum absolute atomic E-state index is 0.0378. The van der Waals surface area contributed by atoms with Gasteiger partial charge in [-0.05, 0) is 31.0 Å². The predicted molar refractivity (Wildman–Crippen MR) is 142 cm³/mol. The Balaban J connectivity index is 2.04. The Morgan fingerprint density at radius 3 is 2.08 bits per heavy atom. The van der Waals surface area contributed by atoms with Gasteiger partial charge in [-0.25, -0.2) is 14.4 Å². The molecule has 0 aliphatic carbocycles. The van der Waals surface area contributed by atoms with E-state index in [2.05, 4.69) is 0 Å². The summed E-state index contributed by atoms with van der Waals surface area (Å²) in [5, 5.41) is 21.1. The normalized spacial score (nSPS) is 18.9. The highest BCUT2D eigenvalue weighted by molar-refractivity contribution is 6.36. The zero-order valence-corrected chi connectivity index (χ0v) is 22.7. The highest BCUT2D eigenvalue weighted by Crippen LogP contribution is 2.49. The third-order valence-corrected chi connectivity index (χ3v) is 7.46. The number of hydrogen-bond acceptors (Lipinski definition) is 7. The molecular formula is C28H27Cl2NO8. The Kier molecular flexibility index (Phi) is 8.97. The van der Waals surface area contributed by atoms with Crippen LogP contribution in [0.1, 0.15) is 36.3 Å². The van der Waals surface area contributed by atoms with E-state index in [0.29, 0.717) is 13.2 Å². The summed E-state index contributed by atoms with van der Waals surface area (Å²) in [5.41, 5.74) is 0.0192. The van der Waals surface area contributed by atoms with Gasteiger partial charge in [-0.1, -0.05) is 59.6 Å². The number of rotatable bonds is 9. The molecule has 0 amide bonds. The molecule has 2 N–H and O–H groups in total. The van der Waals surface area contributed by atoms with E-state index >= 15 is 0 Å². The molecule has 9 nitrogen and oxygen atoms in total. The van der Waals surface area contributed by atoms with Crippen molar-refractivity contribution in [1.29, 1.82) is 0 Å². The summed E-state index contributed by atoms with van der Waals surface area (Å²) in [6.45, 7) is 2.49. The zero-order valence-electron chi connectivity index (χ0n) is 21.2. The van der Waals surface area contributed by atoms with E-state index in [-0.39, 0.29) is 45.5 Å². The van der Waals surface area contributed by atoms with Crippen molar-refractivity contribution in [3.05, 3.63) is 92.2 Å². The van der Waals surface area contributed by atoms with Gasteiger partial charge in [-0.15, -0.1) is 0 Å². The SMILES string of the molecule is CCN1C(CC(c2ccccc2)C2OCCO2)=C(C(=O)O)C(c2c(Cl)cccc2Cl)C(C(=O)O)=C1C(=O)OC. The number of likely N-dealkylation sites (N-methyl/N-ethyl adjacent to an activating group) is 1. The molecule has 1 saturated heterocycles. The van der Waals surface area contributed by atoms with Gasteiger partial charge in [0.25, 0.3) is 0 Å². The number of halogens is 2. The summed E-state index contributed by atoms with van der Waals surface area (Å²) in [4.78, 5) is 40.3. The highest BCUT2D eigenvalue weighted by atomic mass is 35.5. The maximum atomic E-state index is 13.2. The van der Waals surface area contributed by atoms with Crippen molar-refractivity contribution >= 4 is 41.1 Å². The molecule has 2 unspecified atom stereocenters. The third kappa shape index (κ3) is 5.53. The van der Waals surface area contributed by atoms with Gasteiger partial charge in [0.15, 0.2) is 6.29 Å². The minimum atomic E-state index is -1.50. The molecule has 2 aromatic rings. The van der Waals surface area contributed by atoms with Crippen LogP contribution >= 0.6 is 23.2 Å². The van der Waals surface area contributed by atoms with E-state index in [1.54, 1.807) is 13.0 Å². The van der Waals surface area contributed by atoms with Gasteiger partial charge in [-0.2, -0.15) is 0 Å². The van der Waals surface area contributed by atoms with Crippen LogP contribution in [0.4, 0.5) is 0 Å². The van der Waals surface area contributed by atoms with Crippen LogP contribution in [-0.4, -0.2) is 66.2 Å². The van der Waals surface area contributed by atoms with Crippen molar-refractivity contribution in [2.45, 2.75) is 31.5 Å². The fraction of sp³-hybridized carbons (Fsp3) is 0.321. The van der Waals surface area contributed by atoms with E-state index in [0.717, 1.165) is 12.7 Å². The van der Waals surface area contributed by atoms with Crippen molar-refractivity contribution in [3.63, 3.8) is 0 Å². The quantitative estimate of drug-likeness (QED) is 0.405. The van der Waals surface area contributed by atoms with Crippen LogP contribution in [-0.2, 0) is 28.6 Å². The van der Waals surface area contributed by atoms with E-state index in [4.69, 9.17) is 37.4 Å². The van der Waals surface area contributed by atoms with Crippen molar-refractivity contribution in [2.75, 3.05) is 26.9 Å². The van der Waals surface area contributed by atoms with Crippen LogP contribution in [0, 0.1) is 0 Å². The number of carboxylic acid groups (broad SMARTS) is 2. The molecule has 2 heterocycles. The zero-order chi connectivity index (χ0) is 28.3. The molecule has 0 radical (unpaired) electrons. The minimum Gasteiger partial charge on any atom is -0.478 e. The second-order valence-corrected chi connectivity index (χ2v) is 9.68. The molecule has 0 aromatic heterocycles. The molecule has 0 spiro atoms. The Morgan fingerprint density at radius 1 is 0.974 bits per heavy atom. The topological polar surface area (TPSA) is 123 Å². The fourth-order valence-electron chi connectivity index (χ4n) is 5.19. The van der Waals surface area contributed by atoms with E-state index in [1.807, 2.05) is 30.3 Å². The maximum absolute atomic E-state index is 13.2. The summed E-state index contributed by atoms with van der Waals surface area (Å²) < 4.78 is 16.7. The molecule has 2 atom stereocenters. The average Bonchev–Trinajstić information content (AvgIpc) is 3.45. The van der Waals surface area contributed by atoms with E-state index in [1.165, 1.54) is 17.0 Å². The number of esters is 1. The summed E-state index contributed by atoms with van der Waals surface area (Å²) in [6, 6.07) is 13.8. The van der Waals surface area contributed by atoms with Crippen LogP contribution in [0.3, 0.4) is 0 Å². The molecule has 11 heteroatoms. The smallest absolute Gasteiger partial charge is 0.355 e. The van der Waals surface area contributed by atoms with Crippen LogP contribution in [0.25, 0.3) is 0 Å². The lowest BCUT2D eigenvalue weighted by Gasteiger charge is -2.39. The van der Waals surface area contributed by atoms with Crippen molar-refractivity contribution in [3.8, 4) is 0 Å². The standard InChI is InChI=1S/C28H27Cl2NO8/c1-3-31-19(14-16(28-38-12-13-39-28)15-8-5-4-6-9-15)21(25(32)33)22(20-17(29)10-7-11-18(20)30)23(26(34)35)24(31)27(36)37-2/h4-11,16,22,28H,3,12-14H2,1-2H3,(H,32,33)(H,34,35). The molecule has 4 rings (SSSR count). The average molecular weight is 576 g/mol. The number of nitrogens with zero attached hydrogens (tertiary/aromatic N) is 1. The number of carbonyl (C=O) groups excluding carboxylic acids is 1.